The molecule has 1 aromatic heterocycles. The number of carbonyl (C=O) groups is 1. The maximum atomic E-state index is 12.2. The highest BCUT2D eigenvalue weighted by atomic mass is 16.6. The van der Waals surface area contributed by atoms with Gasteiger partial charge in [-0.1, -0.05) is 6.92 Å². The van der Waals surface area contributed by atoms with Crippen molar-refractivity contribution in [3.05, 3.63) is 30.1 Å². The van der Waals surface area contributed by atoms with Crippen LogP contribution in [-0.2, 0) is 4.74 Å². The second-order valence-corrected chi connectivity index (χ2v) is 7.50. The van der Waals surface area contributed by atoms with Gasteiger partial charge in [0, 0.05) is 37.6 Å². The number of ether oxygens (including phenoxy) is 1. The van der Waals surface area contributed by atoms with E-state index in [1.165, 1.54) is 5.56 Å². The molecule has 1 aromatic rings. The van der Waals surface area contributed by atoms with E-state index in [1.54, 1.807) is 0 Å². The minimum absolute atomic E-state index is 0.190. The molecule has 1 aliphatic rings. The van der Waals surface area contributed by atoms with E-state index >= 15 is 0 Å². The number of amides is 1. The zero-order valence-electron chi connectivity index (χ0n) is 15.4. The Labute approximate surface area is 145 Å². The Morgan fingerprint density at radius 3 is 2.67 bits per heavy atom. The summed E-state index contributed by atoms with van der Waals surface area (Å²) in [6, 6.07) is 4.91. The van der Waals surface area contributed by atoms with Crippen LogP contribution < -0.4 is 5.32 Å². The number of rotatable bonds is 4. The molecule has 2 rings (SSSR count). The van der Waals surface area contributed by atoms with E-state index in [9.17, 15) is 4.79 Å². The maximum Gasteiger partial charge on any atom is 0.410 e. The molecule has 1 saturated heterocycles. The fourth-order valence-electron chi connectivity index (χ4n) is 3.10. The van der Waals surface area contributed by atoms with E-state index in [2.05, 4.69) is 29.4 Å². The van der Waals surface area contributed by atoms with Crippen LogP contribution in [0.4, 0.5) is 4.79 Å². The van der Waals surface area contributed by atoms with E-state index < -0.39 is 5.60 Å². The second kappa shape index (κ2) is 8.47. The van der Waals surface area contributed by atoms with Gasteiger partial charge in [-0.3, -0.25) is 4.98 Å². The molecule has 0 unspecified atom stereocenters. The van der Waals surface area contributed by atoms with Crippen LogP contribution in [0.2, 0.25) is 0 Å². The zero-order valence-corrected chi connectivity index (χ0v) is 15.4. The van der Waals surface area contributed by atoms with Crippen LogP contribution in [0.5, 0.6) is 0 Å². The summed E-state index contributed by atoms with van der Waals surface area (Å²) in [5.41, 5.74) is 0.844. The summed E-state index contributed by atoms with van der Waals surface area (Å²) in [6.45, 7) is 9.45. The first-order chi connectivity index (χ1) is 11.4. The molecule has 0 radical (unpaired) electrons. The summed E-state index contributed by atoms with van der Waals surface area (Å²) < 4.78 is 5.50. The lowest BCUT2D eigenvalue weighted by Crippen LogP contribution is -2.38. The third-order valence-electron chi connectivity index (χ3n) is 4.33. The second-order valence-electron chi connectivity index (χ2n) is 7.50. The summed E-state index contributed by atoms with van der Waals surface area (Å²) in [6.07, 6.45) is 7.58. The van der Waals surface area contributed by atoms with Gasteiger partial charge in [0.1, 0.15) is 5.60 Å². The van der Waals surface area contributed by atoms with Crippen LogP contribution in [0.1, 0.15) is 65.0 Å². The Bertz CT molecular complexity index is 513. The number of carbonyl (C=O) groups excluding carboxylic acids is 1. The molecule has 0 bridgehead atoms. The van der Waals surface area contributed by atoms with Crippen molar-refractivity contribution in [1.82, 2.24) is 15.2 Å². The first-order valence-corrected chi connectivity index (χ1v) is 9.03. The van der Waals surface area contributed by atoms with Gasteiger partial charge in [-0.05, 0) is 64.2 Å². The van der Waals surface area contributed by atoms with Gasteiger partial charge in [0.2, 0.25) is 0 Å². The van der Waals surface area contributed by atoms with Gasteiger partial charge >= 0.3 is 6.09 Å². The Kier molecular flexibility index (Phi) is 6.60. The normalized spacial score (nSPS) is 20.3. The van der Waals surface area contributed by atoms with Crippen molar-refractivity contribution in [1.29, 1.82) is 0 Å². The van der Waals surface area contributed by atoms with E-state index in [0.717, 1.165) is 38.8 Å². The fraction of sp³-hybridized carbons (Fsp3) is 0.684. The number of hydrogen-bond acceptors (Lipinski definition) is 4. The van der Waals surface area contributed by atoms with Crippen molar-refractivity contribution >= 4 is 6.09 Å². The molecule has 24 heavy (non-hydrogen) atoms. The zero-order chi connectivity index (χ0) is 17.6. The monoisotopic (exact) mass is 333 g/mol. The Morgan fingerprint density at radius 2 is 2.04 bits per heavy atom. The van der Waals surface area contributed by atoms with Crippen molar-refractivity contribution in [2.24, 2.45) is 0 Å². The lowest BCUT2D eigenvalue weighted by atomic mass is 10.0. The maximum absolute atomic E-state index is 12.2. The Balaban J connectivity index is 1.89. The largest absolute Gasteiger partial charge is 0.444 e. The van der Waals surface area contributed by atoms with Gasteiger partial charge in [0.25, 0.3) is 0 Å². The van der Waals surface area contributed by atoms with Crippen molar-refractivity contribution in [2.45, 2.75) is 71.1 Å². The molecule has 0 saturated carbocycles. The summed E-state index contributed by atoms with van der Waals surface area (Å²) in [7, 11) is 0. The van der Waals surface area contributed by atoms with Crippen molar-refractivity contribution in [3.8, 4) is 0 Å². The number of pyridine rings is 1. The lowest BCUT2D eigenvalue weighted by molar-refractivity contribution is 0.0256. The fourth-order valence-corrected chi connectivity index (χ4v) is 3.10. The molecule has 134 valence electrons. The van der Waals surface area contributed by atoms with Gasteiger partial charge in [-0.25, -0.2) is 4.79 Å². The molecule has 5 nitrogen and oxygen atoms in total. The molecule has 2 atom stereocenters. The highest BCUT2D eigenvalue weighted by molar-refractivity contribution is 5.68. The number of likely N-dealkylation sites (tertiary alicyclic amines) is 1. The molecule has 0 aliphatic carbocycles. The van der Waals surface area contributed by atoms with Crippen molar-refractivity contribution in [3.63, 3.8) is 0 Å². The molecule has 5 heteroatoms. The average Bonchev–Trinajstić information content (AvgIpc) is 2.77. The average molecular weight is 333 g/mol. The third kappa shape index (κ3) is 5.78. The smallest absolute Gasteiger partial charge is 0.410 e. The molecular weight excluding hydrogens is 302 g/mol. The SMILES string of the molecule is CC[C@@H](N[C@@H]1CCCN(C(=O)OC(C)(C)C)CC1)c1ccncc1. The summed E-state index contributed by atoms with van der Waals surface area (Å²) >= 11 is 0. The predicted octanol–water partition coefficient (Wildman–Crippen LogP) is 3.91. The first-order valence-electron chi connectivity index (χ1n) is 9.03. The first kappa shape index (κ1) is 18.7. The molecule has 0 aromatic carbocycles. The molecule has 1 fully saturated rings. The predicted molar refractivity (Wildman–Crippen MR) is 95.9 cm³/mol. The highest BCUT2D eigenvalue weighted by Gasteiger charge is 2.26. The summed E-state index contributed by atoms with van der Waals surface area (Å²) in [5.74, 6) is 0. The quantitative estimate of drug-likeness (QED) is 0.907. The minimum atomic E-state index is -0.435. The minimum Gasteiger partial charge on any atom is -0.444 e. The summed E-state index contributed by atoms with van der Waals surface area (Å²) in [4.78, 5) is 18.2. The van der Waals surface area contributed by atoms with Crippen LogP contribution in [0.15, 0.2) is 24.5 Å². The van der Waals surface area contributed by atoms with E-state index in [1.807, 2.05) is 38.1 Å². The van der Waals surface area contributed by atoms with Crippen LogP contribution in [0.3, 0.4) is 0 Å². The van der Waals surface area contributed by atoms with Crippen LogP contribution in [-0.4, -0.2) is 40.7 Å². The van der Waals surface area contributed by atoms with Crippen LogP contribution in [0.25, 0.3) is 0 Å². The van der Waals surface area contributed by atoms with E-state index in [4.69, 9.17) is 4.74 Å². The number of nitrogens with zero attached hydrogens (tertiary/aromatic N) is 2. The Hall–Kier alpha value is -1.62. The van der Waals surface area contributed by atoms with E-state index in [-0.39, 0.29) is 6.09 Å². The Morgan fingerprint density at radius 1 is 1.33 bits per heavy atom. The van der Waals surface area contributed by atoms with Gasteiger partial charge in [-0.2, -0.15) is 0 Å². The van der Waals surface area contributed by atoms with Crippen LogP contribution >= 0.6 is 0 Å². The number of hydrogen-bond donors (Lipinski definition) is 1. The third-order valence-corrected chi connectivity index (χ3v) is 4.33. The van der Waals surface area contributed by atoms with Gasteiger partial charge < -0.3 is 15.0 Å². The van der Waals surface area contributed by atoms with Gasteiger partial charge in [0.05, 0.1) is 0 Å². The van der Waals surface area contributed by atoms with Crippen LogP contribution in [0, 0.1) is 0 Å². The lowest BCUT2D eigenvalue weighted by Gasteiger charge is -2.27. The van der Waals surface area contributed by atoms with E-state index in [0.29, 0.717) is 12.1 Å². The topological polar surface area (TPSA) is 54.5 Å². The molecular formula is C19H31N3O2. The molecule has 1 aliphatic heterocycles. The summed E-state index contributed by atoms with van der Waals surface area (Å²) in [5, 5.41) is 3.76. The van der Waals surface area contributed by atoms with Gasteiger partial charge in [0.15, 0.2) is 0 Å². The standard InChI is InChI=1S/C19H31N3O2/c1-5-17(15-8-11-20-12-9-15)21-16-7-6-13-22(14-10-16)18(23)24-19(2,3)4/h8-9,11-12,16-17,21H,5-7,10,13-14H2,1-4H3/t16-,17-/m1/s1. The van der Waals surface area contributed by atoms with Gasteiger partial charge in [-0.15, -0.1) is 0 Å². The van der Waals surface area contributed by atoms with Crippen molar-refractivity contribution < 1.29 is 9.53 Å². The molecule has 2 heterocycles. The highest BCUT2D eigenvalue weighted by Crippen LogP contribution is 2.21. The molecule has 0 spiro atoms. The number of aromatic nitrogens is 1. The van der Waals surface area contributed by atoms with Crippen molar-refractivity contribution in [2.75, 3.05) is 13.1 Å². The molecule has 1 amide bonds. The molecule has 1 N–H and O–H groups in total. The number of nitrogens with one attached hydrogen (secondary N) is 1.